The van der Waals surface area contributed by atoms with Crippen LogP contribution in [0.1, 0.15) is 32.6 Å². The van der Waals surface area contributed by atoms with Crippen molar-refractivity contribution in [2.75, 3.05) is 6.54 Å². The second-order valence-electron chi connectivity index (χ2n) is 4.94. The number of rotatable bonds is 6. The second kappa shape index (κ2) is 6.38. The Kier molecular flexibility index (Phi) is 5.46. The minimum Gasteiger partial charge on any atom is -0.328 e. The molecule has 16 heavy (non-hydrogen) atoms. The zero-order valence-electron chi connectivity index (χ0n) is 10.8. The van der Waals surface area contributed by atoms with Crippen molar-refractivity contribution in [3.8, 4) is 0 Å². The molecular formula is C13H24N2S. The van der Waals surface area contributed by atoms with Crippen LogP contribution in [-0.2, 0) is 6.54 Å². The number of thiophene rings is 1. The molecule has 1 rings (SSSR count). The number of nitrogens with zero attached hydrogens (tertiary/aromatic N) is 1. The van der Waals surface area contributed by atoms with Gasteiger partial charge in [-0.3, -0.25) is 4.90 Å². The van der Waals surface area contributed by atoms with Gasteiger partial charge in [-0.05, 0) is 38.1 Å². The summed E-state index contributed by atoms with van der Waals surface area (Å²) in [7, 11) is 0. The zero-order valence-corrected chi connectivity index (χ0v) is 11.6. The van der Waals surface area contributed by atoms with Gasteiger partial charge >= 0.3 is 0 Å². The van der Waals surface area contributed by atoms with E-state index in [1.165, 1.54) is 4.88 Å². The second-order valence-corrected chi connectivity index (χ2v) is 5.97. The smallest absolute Gasteiger partial charge is 0.0330 e. The van der Waals surface area contributed by atoms with Gasteiger partial charge in [0.05, 0.1) is 0 Å². The minimum atomic E-state index is 0.268. The summed E-state index contributed by atoms with van der Waals surface area (Å²) in [6.07, 6.45) is 0. The first kappa shape index (κ1) is 13.7. The van der Waals surface area contributed by atoms with Gasteiger partial charge in [0.1, 0.15) is 0 Å². The third-order valence-corrected chi connectivity index (χ3v) is 3.95. The van der Waals surface area contributed by atoms with E-state index >= 15 is 0 Å². The van der Waals surface area contributed by atoms with Crippen LogP contribution in [-0.4, -0.2) is 23.5 Å². The number of hydrogen-bond donors (Lipinski definition) is 1. The molecule has 1 heterocycles. The Morgan fingerprint density at radius 1 is 1.31 bits per heavy atom. The van der Waals surface area contributed by atoms with Crippen LogP contribution in [0.4, 0.5) is 0 Å². The average Bonchev–Trinajstić information content (AvgIpc) is 2.68. The highest BCUT2D eigenvalue weighted by molar-refractivity contribution is 7.09. The lowest BCUT2D eigenvalue weighted by atomic mass is 10.0. The summed E-state index contributed by atoms with van der Waals surface area (Å²) < 4.78 is 0. The predicted octanol–water partition coefficient (Wildman–Crippen LogP) is 2.94. The van der Waals surface area contributed by atoms with Gasteiger partial charge in [-0.25, -0.2) is 0 Å². The summed E-state index contributed by atoms with van der Waals surface area (Å²) in [5.74, 6) is 0.544. The van der Waals surface area contributed by atoms with E-state index in [0.29, 0.717) is 12.0 Å². The molecular weight excluding hydrogens is 216 g/mol. The average molecular weight is 240 g/mol. The van der Waals surface area contributed by atoms with Gasteiger partial charge in [0.15, 0.2) is 0 Å². The van der Waals surface area contributed by atoms with Crippen molar-refractivity contribution < 1.29 is 0 Å². The van der Waals surface area contributed by atoms with E-state index in [1.807, 2.05) is 11.3 Å². The van der Waals surface area contributed by atoms with Crippen LogP contribution < -0.4 is 5.73 Å². The molecule has 0 saturated heterocycles. The van der Waals surface area contributed by atoms with Crippen molar-refractivity contribution in [1.82, 2.24) is 4.90 Å². The Bertz CT molecular complexity index is 280. The van der Waals surface area contributed by atoms with Crippen molar-refractivity contribution in [2.24, 2.45) is 11.7 Å². The normalized spacial score (nSPS) is 15.7. The number of hydrogen-bond acceptors (Lipinski definition) is 3. The molecule has 2 nitrogen and oxygen atoms in total. The van der Waals surface area contributed by atoms with E-state index < -0.39 is 0 Å². The molecule has 0 aliphatic rings. The van der Waals surface area contributed by atoms with Crippen LogP contribution in [0.5, 0.6) is 0 Å². The molecule has 0 spiro atoms. The molecule has 0 bridgehead atoms. The minimum absolute atomic E-state index is 0.268. The summed E-state index contributed by atoms with van der Waals surface area (Å²) >= 11 is 1.83. The molecule has 2 unspecified atom stereocenters. The van der Waals surface area contributed by atoms with Gasteiger partial charge in [0.2, 0.25) is 0 Å². The summed E-state index contributed by atoms with van der Waals surface area (Å²) in [4.78, 5) is 3.94. The van der Waals surface area contributed by atoms with Crippen LogP contribution >= 0.6 is 11.3 Å². The molecule has 3 heteroatoms. The largest absolute Gasteiger partial charge is 0.328 e. The van der Waals surface area contributed by atoms with Gasteiger partial charge in [-0.1, -0.05) is 13.0 Å². The van der Waals surface area contributed by atoms with E-state index in [0.717, 1.165) is 13.1 Å². The maximum Gasteiger partial charge on any atom is 0.0330 e. The van der Waals surface area contributed by atoms with Gasteiger partial charge in [-0.2, -0.15) is 0 Å². The first-order valence-corrected chi connectivity index (χ1v) is 6.90. The summed E-state index contributed by atoms with van der Waals surface area (Å²) in [5.41, 5.74) is 5.93. The van der Waals surface area contributed by atoms with Crippen LogP contribution in [0.25, 0.3) is 0 Å². The Hall–Kier alpha value is -0.380. The van der Waals surface area contributed by atoms with Gasteiger partial charge in [0, 0.05) is 30.1 Å². The third kappa shape index (κ3) is 4.24. The van der Waals surface area contributed by atoms with E-state index in [1.54, 1.807) is 0 Å². The van der Waals surface area contributed by atoms with Crippen molar-refractivity contribution in [3.05, 3.63) is 22.4 Å². The molecule has 92 valence electrons. The van der Waals surface area contributed by atoms with Crippen LogP contribution in [0.2, 0.25) is 0 Å². The van der Waals surface area contributed by atoms with Crippen molar-refractivity contribution in [1.29, 1.82) is 0 Å². The molecule has 0 amide bonds. The van der Waals surface area contributed by atoms with E-state index in [9.17, 15) is 0 Å². The fourth-order valence-electron chi connectivity index (χ4n) is 1.60. The zero-order chi connectivity index (χ0) is 12.1. The molecule has 2 N–H and O–H groups in total. The van der Waals surface area contributed by atoms with E-state index in [4.69, 9.17) is 5.73 Å². The standard InChI is InChI=1S/C13H24N2S/c1-10(2)15(8-11(3)12(4)14)9-13-6-5-7-16-13/h5-7,10-12H,8-9,14H2,1-4H3. The monoisotopic (exact) mass is 240 g/mol. The molecule has 2 atom stereocenters. The number of nitrogens with two attached hydrogens (primary N) is 1. The van der Waals surface area contributed by atoms with Gasteiger partial charge < -0.3 is 5.73 Å². The van der Waals surface area contributed by atoms with Gasteiger partial charge in [-0.15, -0.1) is 11.3 Å². The van der Waals surface area contributed by atoms with Gasteiger partial charge in [0.25, 0.3) is 0 Å². The third-order valence-electron chi connectivity index (χ3n) is 3.09. The molecule has 0 aliphatic heterocycles. The first-order chi connectivity index (χ1) is 7.50. The van der Waals surface area contributed by atoms with Crippen LogP contribution in [0, 0.1) is 5.92 Å². The van der Waals surface area contributed by atoms with E-state index in [-0.39, 0.29) is 6.04 Å². The quantitative estimate of drug-likeness (QED) is 0.828. The van der Waals surface area contributed by atoms with E-state index in [2.05, 4.69) is 50.1 Å². The SMILES string of the molecule is CC(N)C(C)CN(Cc1cccs1)C(C)C. The molecule has 1 aromatic rings. The Balaban J connectivity index is 2.54. The fraction of sp³-hybridized carbons (Fsp3) is 0.692. The maximum atomic E-state index is 5.93. The molecule has 1 aromatic heterocycles. The highest BCUT2D eigenvalue weighted by Crippen LogP contribution is 2.16. The lowest BCUT2D eigenvalue weighted by Gasteiger charge is -2.30. The highest BCUT2D eigenvalue weighted by atomic mass is 32.1. The topological polar surface area (TPSA) is 29.3 Å². The van der Waals surface area contributed by atoms with Crippen LogP contribution in [0.15, 0.2) is 17.5 Å². The molecule has 0 fully saturated rings. The predicted molar refractivity (Wildman–Crippen MR) is 72.7 cm³/mol. The van der Waals surface area contributed by atoms with Crippen molar-refractivity contribution in [2.45, 2.75) is 46.3 Å². The summed E-state index contributed by atoms with van der Waals surface area (Å²) in [6, 6.07) is 5.16. The Morgan fingerprint density at radius 3 is 2.44 bits per heavy atom. The maximum absolute atomic E-state index is 5.93. The lowest BCUT2D eigenvalue weighted by molar-refractivity contribution is 0.177. The Morgan fingerprint density at radius 2 is 2.00 bits per heavy atom. The molecule has 0 aromatic carbocycles. The Labute approximate surface area is 103 Å². The molecule has 0 radical (unpaired) electrons. The highest BCUT2D eigenvalue weighted by Gasteiger charge is 2.16. The molecule has 0 aliphatic carbocycles. The summed E-state index contributed by atoms with van der Waals surface area (Å²) in [5, 5.41) is 2.14. The summed E-state index contributed by atoms with van der Waals surface area (Å²) in [6.45, 7) is 10.9. The molecule has 0 saturated carbocycles. The fourth-order valence-corrected chi connectivity index (χ4v) is 2.33. The first-order valence-electron chi connectivity index (χ1n) is 6.02. The van der Waals surface area contributed by atoms with Crippen LogP contribution in [0.3, 0.4) is 0 Å². The van der Waals surface area contributed by atoms with Crippen molar-refractivity contribution >= 4 is 11.3 Å². The lowest BCUT2D eigenvalue weighted by Crippen LogP contribution is -2.39. The van der Waals surface area contributed by atoms with Crippen molar-refractivity contribution in [3.63, 3.8) is 0 Å².